The van der Waals surface area contributed by atoms with Crippen molar-refractivity contribution in [3.8, 4) is 0 Å². The first-order valence-corrected chi connectivity index (χ1v) is 15.8. The van der Waals surface area contributed by atoms with E-state index in [1.165, 1.54) is 4.90 Å². The van der Waals surface area contributed by atoms with Gasteiger partial charge in [-0.05, 0) is 43.2 Å². The van der Waals surface area contributed by atoms with E-state index in [-0.39, 0.29) is 38.0 Å². The van der Waals surface area contributed by atoms with Gasteiger partial charge in [-0.15, -0.1) is 0 Å². The fourth-order valence-corrected chi connectivity index (χ4v) is 7.50. The van der Waals surface area contributed by atoms with Crippen molar-refractivity contribution in [3.63, 3.8) is 0 Å². The Morgan fingerprint density at radius 1 is 1.02 bits per heavy atom. The minimum atomic E-state index is -1.51. The summed E-state index contributed by atoms with van der Waals surface area (Å²) in [6, 6.07) is 24.7. The molecule has 0 bridgehead atoms. The second-order valence-electron chi connectivity index (χ2n) is 12.9. The van der Waals surface area contributed by atoms with Crippen LogP contribution in [0.1, 0.15) is 43.9 Å². The molecular formula is C36H41N3O7. The number of nitrogens with zero attached hydrogens (tertiary/aromatic N) is 3. The van der Waals surface area contributed by atoms with Crippen LogP contribution in [-0.4, -0.2) is 71.0 Å². The molecule has 0 unspecified atom stereocenters. The van der Waals surface area contributed by atoms with E-state index in [1.807, 2.05) is 79.7 Å². The topological polar surface area (TPSA) is 120 Å². The minimum Gasteiger partial charge on any atom is -0.447 e. The number of fused-ring (bicyclic) bond motifs is 2. The lowest BCUT2D eigenvalue weighted by Gasteiger charge is -2.34. The number of carbonyl (C=O) groups is 3. The smallest absolute Gasteiger partial charge is 0.414 e. The third-order valence-electron chi connectivity index (χ3n) is 9.54. The number of ether oxygens (including phenoxy) is 2. The molecule has 2 saturated heterocycles. The Hall–Kier alpha value is -4.25. The molecule has 3 aromatic carbocycles. The highest BCUT2D eigenvalue weighted by atomic mass is 16.6. The van der Waals surface area contributed by atoms with Crippen LogP contribution in [0.3, 0.4) is 0 Å². The molecule has 0 saturated carbocycles. The molecule has 2 N–H and O–H groups in total. The summed E-state index contributed by atoms with van der Waals surface area (Å²) in [4.78, 5) is 46.0. The maximum atomic E-state index is 14.8. The number of cyclic esters (lactones) is 1. The van der Waals surface area contributed by atoms with Crippen LogP contribution >= 0.6 is 0 Å². The quantitative estimate of drug-likeness (QED) is 0.346. The molecular weight excluding hydrogens is 586 g/mol. The van der Waals surface area contributed by atoms with Crippen molar-refractivity contribution in [2.24, 2.45) is 11.8 Å². The number of carbonyl (C=O) groups excluding carboxylic acids is 3. The predicted octanol–water partition coefficient (Wildman–Crippen LogP) is 4.22. The molecule has 46 heavy (non-hydrogen) atoms. The zero-order chi connectivity index (χ0) is 32.6. The molecule has 10 heteroatoms. The minimum absolute atomic E-state index is 0.0903. The Morgan fingerprint density at radius 2 is 1.70 bits per heavy atom. The average Bonchev–Trinajstić information content (AvgIpc) is 3.66. The fraction of sp³-hybridized carbons (Fsp3) is 0.417. The summed E-state index contributed by atoms with van der Waals surface area (Å²) in [6.45, 7) is 6.45. The molecule has 3 aliphatic heterocycles. The summed E-state index contributed by atoms with van der Waals surface area (Å²) < 4.78 is 12.1. The van der Waals surface area contributed by atoms with E-state index in [2.05, 4.69) is 0 Å². The van der Waals surface area contributed by atoms with Gasteiger partial charge in [0.25, 0.3) is 5.91 Å². The third-order valence-corrected chi connectivity index (χ3v) is 9.54. The maximum Gasteiger partial charge on any atom is 0.414 e. The number of anilines is 2. The molecule has 0 aromatic heterocycles. The summed E-state index contributed by atoms with van der Waals surface area (Å²) in [5.41, 5.74) is 0.873. The highest BCUT2D eigenvalue weighted by molar-refractivity contribution is 6.08. The molecule has 3 aromatic rings. The van der Waals surface area contributed by atoms with Crippen molar-refractivity contribution in [3.05, 3.63) is 95.6 Å². The van der Waals surface area contributed by atoms with Gasteiger partial charge in [-0.2, -0.15) is 0 Å². The number of rotatable bonds is 10. The molecule has 4 atom stereocenters. The first kappa shape index (κ1) is 31.7. The van der Waals surface area contributed by atoms with Crippen LogP contribution in [0.25, 0.3) is 0 Å². The predicted molar refractivity (Wildman–Crippen MR) is 172 cm³/mol. The number of aliphatic hydroxyl groups excluding tert-OH is 1. The Morgan fingerprint density at radius 3 is 2.30 bits per heavy atom. The first-order valence-electron chi connectivity index (χ1n) is 15.8. The van der Waals surface area contributed by atoms with Gasteiger partial charge in [0.15, 0.2) is 5.60 Å². The van der Waals surface area contributed by atoms with Crippen LogP contribution in [0.4, 0.5) is 16.2 Å². The number of benzene rings is 3. The molecule has 242 valence electrons. The first-order chi connectivity index (χ1) is 22.0. The number of amides is 3. The highest BCUT2D eigenvalue weighted by Gasteiger charge is 2.66. The molecule has 10 nitrogen and oxygen atoms in total. The van der Waals surface area contributed by atoms with Crippen molar-refractivity contribution in [1.82, 2.24) is 4.90 Å². The summed E-state index contributed by atoms with van der Waals surface area (Å²) in [7, 11) is 0. The second-order valence-corrected chi connectivity index (χ2v) is 12.9. The lowest BCUT2D eigenvalue weighted by molar-refractivity contribution is -0.150. The van der Waals surface area contributed by atoms with Gasteiger partial charge in [0.05, 0.1) is 43.5 Å². The SMILES string of the molecule is C[C@H]1[C@H](C(C)(C)O)[C@@H](CC(=O)N(CCO)Cc2ccccc2)O[C@]12C(=O)N(Cc1ccccc1)c1ccc(N3CCOC3=O)cc12. The molecule has 3 amide bonds. The van der Waals surface area contributed by atoms with Gasteiger partial charge in [0, 0.05) is 36.2 Å². The van der Waals surface area contributed by atoms with Gasteiger partial charge in [-0.3, -0.25) is 14.5 Å². The van der Waals surface area contributed by atoms with Crippen molar-refractivity contribution >= 4 is 29.3 Å². The maximum absolute atomic E-state index is 14.8. The summed E-state index contributed by atoms with van der Waals surface area (Å²) in [5.74, 6) is -1.67. The van der Waals surface area contributed by atoms with Gasteiger partial charge in [-0.25, -0.2) is 4.79 Å². The number of aliphatic hydroxyl groups is 2. The van der Waals surface area contributed by atoms with Gasteiger partial charge in [0.1, 0.15) is 6.61 Å². The summed E-state index contributed by atoms with van der Waals surface area (Å²) >= 11 is 0. The second kappa shape index (κ2) is 12.5. The standard InChI is InChI=1S/C36H41N3O7/c1-24-32(35(2,3)44)30(21-31(41)37(16-18-40)22-25-10-6-4-7-11-25)46-36(24)28-20-27(38-17-19-45-34(38)43)14-15-29(28)39(33(36)42)23-26-12-8-5-9-13-26/h4-15,20,24,30,32,40,44H,16-19,21-23H2,1-3H3/t24-,30+,32-,36+/m0/s1. The molecule has 2 fully saturated rings. The summed E-state index contributed by atoms with van der Waals surface area (Å²) in [6.07, 6.45) is -1.36. The van der Waals surface area contributed by atoms with Crippen LogP contribution in [0, 0.1) is 11.8 Å². The van der Waals surface area contributed by atoms with Crippen LogP contribution < -0.4 is 9.80 Å². The van der Waals surface area contributed by atoms with Crippen LogP contribution in [0.2, 0.25) is 0 Å². The Bertz CT molecular complexity index is 1590. The van der Waals surface area contributed by atoms with E-state index in [9.17, 15) is 24.6 Å². The van der Waals surface area contributed by atoms with Crippen molar-refractivity contribution < 1.29 is 34.1 Å². The van der Waals surface area contributed by atoms with E-state index in [0.717, 1.165) is 11.1 Å². The molecule has 1 spiro atoms. The van der Waals surface area contributed by atoms with Gasteiger partial charge >= 0.3 is 6.09 Å². The van der Waals surface area contributed by atoms with E-state index >= 15 is 0 Å². The van der Waals surface area contributed by atoms with Crippen molar-refractivity contribution in [2.75, 3.05) is 36.1 Å². The lowest BCUT2D eigenvalue weighted by Crippen LogP contribution is -2.46. The Balaban J connectivity index is 1.40. The lowest BCUT2D eigenvalue weighted by atomic mass is 9.70. The van der Waals surface area contributed by atoms with E-state index in [0.29, 0.717) is 36.6 Å². The molecule has 0 radical (unpaired) electrons. The highest BCUT2D eigenvalue weighted by Crippen LogP contribution is 2.58. The van der Waals surface area contributed by atoms with Gasteiger partial charge in [-0.1, -0.05) is 67.6 Å². The van der Waals surface area contributed by atoms with Gasteiger partial charge in [0.2, 0.25) is 5.91 Å². The van der Waals surface area contributed by atoms with E-state index in [4.69, 9.17) is 9.47 Å². The zero-order valence-corrected chi connectivity index (χ0v) is 26.5. The monoisotopic (exact) mass is 627 g/mol. The van der Waals surface area contributed by atoms with Gasteiger partial charge < -0.3 is 29.5 Å². The normalized spacial score (nSPS) is 24.1. The van der Waals surface area contributed by atoms with Crippen molar-refractivity contribution in [1.29, 1.82) is 0 Å². The number of hydrogen-bond donors (Lipinski definition) is 2. The Kier molecular flexibility index (Phi) is 8.62. The van der Waals surface area contributed by atoms with Crippen LogP contribution in [-0.2, 0) is 37.8 Å². The van der Waals surface area contributed by atoms with E-state index in [1.54, 1.807) is 29.7 Å². The molecule has 3 heterocycles. The van der Waals surface area contributed by atoms with Crippen LogP contribution in [0.15, 0.2) is 78.9 Å². The average molecular weight is 628 g/mol. The van der Waals surface area contributed by atoms with E-state index < -0.39 is 35.2 Å². The largest absolute Gasteiger partial charge is 0.447 e. The Labute approximate surface area is 269 Å². The number of hydrogen-bond acceptors (Lipinski definition) is 7. The summed E-state index contributed by atoms with van der Waals surface area (Å²) in [5, 5.41) is 21.3. The third kappa shape index (κ3) is 5.65. The molecule has 6 rings (SSSR count). The molecule has 0 aliphatic carbocycles. The zero-order valence-electron chi connectivity index (χ0n) is 26.5. The van der Waals surface area contributed by atoms with Crippen LogP contribution in [0.5, 0.6) is 0 Å². The fourth-order valence-electron chi connectivity index (χ4n) is 7.50. The van der Waals surface area contributed by atoms with Crippen molar-refractivity contribution in [2.45, 2.75) is 57.6 Å². The molecule has 3 aliphatic rings.